The van der Waals surface area contributed by atoms with Gasteiger partial charge >= 0.3 is 6.18 Å². The first kappa shape index (κ1) is 17.1. The molecule has 1 amide bonds. The van der Waals surface area contributed by atoms with Crippen LogP contribution in [0.1, 0.15) is 16.8 Å². The molecule has 0 bridgehead atoms. The third-order valence-electron chi connectivity index (χ3n) is 2.96. The number of carbonyl (C=O) groups is 1. The van der Waals surface area contributed by atoms with E-state index < -0.39 is 33.7 Å². The highest BCUT2D eigenvalue weighted by molar-refractivity contribution is 7.99. The van der Waals surface area contributed by atoms with Gasteiger partial charge in [0.05, 0.1) is 22.8 Å². The zero-order valence-corrected chi connectivity index (χ0v) is 12.9. The summed E-state index contributed by atoms with van der Waals surface area (Å²) in [6.45, 7) is 0. The first-order valence-electron chi connectivity index (χ1n) is 6.32. The average molecular weight is 354 g/mol. The number of aromatic nitrogens is 1. The number of carbonyl (C=O) groups excluding carboxylic acids is 1. The van der Waals surface area contributed by atoms with E-state index in [0.717, 1.165) is 0 Å². The Bertz CT molecular complexity index is 662. The lowest BCUT2D eigenvalue weighted by molar-refractivity contribution is -0.105. The minimum atomic E-state index is -4.37. The van der Waals surface area contributed by atoms with Gasteiger partial charge in [-0.3, -0.25) is 4.79 Å². The normalized spacial score (nSPS) is 20.8. The molecule has 0 radical (unpaired) electrons. The van der Waals surface area contributed by atoms with Crippen LogP contribution < -0.4 is 5.32 Å². The van der Waals surface area contributed by atoms with Gasteiger partial charge in [0.1, 0.15) is 5.03 Å². The third-order valence-corrected chi connectivity index (χ3v) is 5.79. The lowest BCUT2D eigenvalue weighted by Crippen LogP contribution is -2.36. The Morgan fingerprint density at radius 1 is 1.45 bits per heavy atom. The van der Waals surface area contributed by atoms with E-state index in [1.54, 1.807) is 0 Å². The SMILES string of the molecule is O=C(N[C@H]1CCS(=O)(=O)C1)c1cccnc1SCC(F)(F)F. The zero-order chi connectivity index (χ0) is 16.4. The molecule has 10 heteroatoms. The molecule has 1 aromatic rings. The quantitative estimate of drug-likeness (QED) is 0.832. The van der Waals surface area contributed by atoms with Gasteiger partial charge in [-0.05, 0) is 18.6 Å². The summed E-state index contributed by atoms with van der Waals surface area (Å²) in [5.41, 5.74) is 0.0149. The molecule has 1 aromatic heterocycles. The molecule has 1 aliphatic heterocycles. The summed E-state index contributed by atoms with van der Waals surface area (Å²) in [6, 6.07) is 2.29. The minimum absolute atomic E-state index is 0.000662. The molecular weight excluding hydrogens is 341 g/mol. The minimum Gasteiger partial charge on any atom is -0.348 e. The second-order valence-corrected chi connectivity index (χ2v) is 8.03. The molecule has 122 valence electrons. The average Bonchev–Trinajstić information content (AvgIpc) is 2.75. The molecule has 0 spiro atoms. The number of alkyl halides is 3. The highest BCUT2D eigenvalue weighted by Crippen LogP contribution is 2.28. The molecule has 0 saturated carbocycles. The number of hydrogen-bond donors (Lipinski definition) is 1. The topological polar surface area (TPSA) is 76.1 Å². The molecule has 5 nitrogen and oxygen atoms in total. The van der Waals surface area contributed by atoms with Crippen LogP contribution in [0.25, 0.3) is 0 Å². The zero-order valence-electron chi connectivity index (χ0n) is 11.3. The fourth-order valence-corrected chi connectivity index (χ4v) is 4.43. The Morgan fingerprint density at radius 3 is 2.77 bits per heavy atom. The van der Waals surface area contributed by atoms with Crippen molar-refractivity contribution in [3.8, 4) is 0 Å². The molecule has 1 atom stereocenters. The van der Waals surface area contributed by atoms with Gasteiger partial charge in [0.25, 0.3) is 5.91 Å². The highest BCUT2D eigenvalue weighted by Gasteiger charge is 2.31. The molecule has 0 aromatic carbocycles. The summed E-state index contributed by atoms with van der Waals surface area (Å²) in [6.07, 6.45) is -2.76. The van der Waals surface area contributed by atoms with E-state index in [4.69, 9.17) is 0 Å². The Labute approximate surface area is 129 Å². The summed E-state index contributed by atoms with van der Waals surface area (Å²) in [5.74, 6) is -1.91. The molecule has 2 heterocycles. The van der Waals surface area contributed by atoms with E-state index in [-0.39, 0.29) is 22.1 Å². The summed E-state index contributed by atoms with van der Waals surface area (Å²) in [7, 11) is -3.15. The van der Waals surface area contributed by atoms with Gasteiger partial charge in [-0.1, -0.05) is 11.8 Å². The van der Waals surface area contributed by atoms with Crippen LogP contribution in [0.5, 0.6) is 0 Å². The maximum absolute atomic E-state index is 12.3. The standard InChI is InChI=1S/C12H13F3N2O3S2/c13-12(14,15)7-21-11-9(2-1-4-16-11)10(18)17-8-3-5-22(19,20)6-8/h1-2,4,8H,3,5-7H2,(H,17,18)/t8-/m0/s1. The van der Waals surface area contributed by atoms with Gasteiger partial charge in [0, 0.05) is 12.2 Å². The molecule has 1 fully saturated rings. The van der Waals surface area contributed by atoms with Gasteiger partial charge in [0.15, 0.2) is 9.84 Å². The smallest absolute Gasteiger partial charge is 0.348 e. The third kappa shape index (κ3) is 4.87. The number of amides is 1. The second-order valence-electron chi connectivity index (χ2n) is 4.83. The van der Waals surface area contributed by atoms with Gasteiger partial charge in [-0.15, -0.1) is 0 Å². The molecule has 1 N–H and O–H groups in total. The lowest BCUT2D eigenvalue weighted by atomic mass is 10.2. The molecule has 1 saturated heterocycles. The van der Waals surface area contributed by atoms with Gasteiger partial charge in [-0.25, -0.2) is 13.4 Å². The number of sulfone groups is 1. The first-order chi connectivity index (χ1) is 10.2. The molecule has 0 aliphatic carbocycles. The number of thioether (sulfide) groups is 1. The molecule has 2 rings (SSSR count). The van der Waals surface area contributed by atoms with E-state index in [1.165, 1.54) is 18.3 Å². The summed E-state index contributed by atoms with van der Waals surface area (Å²) in [4.78, 5) is 15.9. The lowest BCUT2D eigenvalue weighted by Gasteiger charge is -2.13. The van der Waals surface area contributed by atoms with Crippen LogP contribution in [0.2, 0.25) is 0 Å². The number of halogens is 3. The van der Waals surface area contributed by atoms with Crippen molar-refractivity contribution >= 4 is 27.5 Å². The number of pyridine rings is 1. The van der Waals surface area contributed by atoms with E-state index in [0.29, 0.717) is 18.2 Å². The van der Waals surface area contributed by atoms with Crippen molar-refractivity contribution in [3.63, 3.8) is 0 Å². The number of rotatable bonds is 4. The van der Waals surface area contributed by atoms with Crippen molar-refractivity contribution in [3.05, 3.63) is 23.9 Å². The summed E-state index contributed by atoms with van der Waals surface area (Å²) >= 11 is 0.425. The van der Waals surface area contributed by atoms with E-state index in [1.807, 2.05) is 0 Å². The van der Waals surface area contributed by atoms with Crippen molar-refractivity contribution in [2.75, 3.05) is 17.3 Å². The summed E-state index contributed by atoms with van der Waals surface area (Å²) < 4.78 is 59.5. The molecule has 22 heavy (non-hydrogen) atoms. The number of nitrogens with one attached hydrogen (secondary N) is 1. The Hall–Kier alpha value is -1.29. The fraction of sp³-hybridized carbons (Fsp3) is 0.500. The van der Waals surface area contributed by atoms with Crippen molar-refractivity contribution in [2.24, 2.45) is 0 Å². The molecule has 1 aliphatic rings. The molecule has 0 unspecified atom stereocenters. The van der Waals surface area contributed by atoms with Crippen molar-refractivity contribution in [1.29, 1.82) is 0 Å². The van der Waals surface area contributed by atoms with Crippen molar-refractivity contribution < 1.29 is 26.4 Å². The van der Waals surface area contributed by atoms with Crippen molar-refractivity contribution in [1.82, 2.24) is 10.3 Å². The van der Waals surface area contributed by atoms with E-state index in [9.17, 15) is 26.4 Å². The van der Waals surface area contributed by atoms with Gasteiger partial charge in [0.2, 0.25) is 0 Å². The van der Waals surface area contributed by atoms with Crippen LogP contribution in [0.15, 0.2) is 23.4 Å². The highest BCUT2D eigenvalue weighted by atomic mass is 32.2. The van der Waals surface area contributed by atoms with Crippen molar-refractivity contribution in [2.45, 2.75) is 23.7 Å². The van der Waals surface area contributed by atoms with Gasteiger partial charge in [-0.2, -0.15) is 13.2 Å². The van der Waals surface area contributed by atoms with Crippen LogP contribution in [-0.2, 0) is 9.84 Å². The van der Waals surface area contributed by atoms with Crippen LogP contribution in [0.3, 0.4) is 0 Å². The maximum atomic E-state index is 12.3. The molecular formula is C12H13F3N2O3S2. The first-order valence-corrected chi connectivity index (χ1v) is 9.13. The van der Waals surface area contributed by atoms with Crippen LogP contribution in [-0.4, -0.2) is 48.8 Å². The predicted molar refractivity (Wildman–Crippen MR) is 75.5 cm³/mol. The van der Waals surface area contributed by atoms with Crippen LogP contribution in [0.4, 0.5) is 13.2 Å². The van der Waals surface area contributed by atoms with Crippen LogP contribution in [0, 0.1) is 0 Å². The van der Waals surface area contributed by atoms with E-state index >= 15 is 0 Å². The Morgan fingerprint density at radius 2 is 2.18 bits per heavy atom. The predicted octanol–water partition coefficient (Wildman–Crippen LogP) is 1.65. The van der Waals surface area contributed by atoms with Crippen LogP contribution >= 0.6 is 11.8 Å². The number of nitrogens with zero attached hydrogens (tertiary/aromatic N) is 1. The fourth-order valence-electron chi connectivity index (χ4n) is 2.00. The maximum Gasteiger partial charge on any atom is 0.398 e. The second kappa shape index (κ2) is 6.45. The summed E-state index contributed by atoms with van der Waals surface area (Å²) in [5, 5.41) is 2.51. The largest absolute Gasteiger partial charge is 0.398 e. The van der Waals surface area contributed by atoms with Gasteiger partial charge < -0.3 is 5.32 Å². The Balaban J connectivity index is 2.06. The Kier molecular flexibility index (Phi) is 5.00. The van der Waals surface area contributed by atoms with E-state index in [2.05, 4.69) is 10.3 Å². The monoisotopic (exact) mass is 354 g/mol. The number of hydrogen-bond acceptors (Lipinski definition) is 5.